The number of ether oxygens (including phenoxy) is 3. The fourth-order valence-corrected chi connectivity index (χ4v) is 1.40. The number of hydrogen-bond donors (Lipinski definition) is 0. The number of halogens is 1. The van der Waals surface area contributed by atoms with Crippen molar-refractivity contribution in [1.29, 1.82) is 0 Å². The van der Waals surface area contributed by atoms with Gasteiger partial charge in [-0.15, -0.1) is 0 Å². The smallest absolute Gasteiger partial charge is 0.367 e. The lowest BCUT2D eigenvalue weighted by molar-refractivity contribution is -0.386. The summed E-state index contributed by atoms with van der Waals surface area (Å²) in [5, 5.41) is 10.5. The van der Waals surface area contributed by atoms with Gasteiger partial charge >= 0.3 is 5.69 Å². The van der Waals surface area contributed by atoms with Gasteiger partial charge in [0.2, 0.25) is 5.15 Å². The van der Waals surface area contributed by atoms with E-state index in [2.05, 4.69) is 9.97 Å². The Morgan fingerprint density at radius 2 is 2.11 bits per heavy atom. The first kappa shape index (κ1) is 15.5. The molecule has 0 bridgehead atoms. The van der Waals surface area contributed by atoms with Crippen LogP contribution in [0.15, 0.2) is 6.33 Å². The van der Waals surface area contributed by atoms with Gasteiger partial charge in [0.25, 0.3) is 5.88 Å². The first-order valence-electron chi connectivity index (χ1n) is 5.51. The summed E-state index contributed by atoms with van der Waals surface area (Å²) >= 11 is 5.60. The van der Waals surface area contributed by atoms with Gasteiger partial charge in [-0.1, -0.05) is 11.6 Å². The van der Waals surface area contributed by atoms with Crippen molar-refractivity contribution in [2.75, 3.05) is 33.5 Å². The average molecular weight is 292 g/mol. The van der Waals surface area contributed by atoms with Gasteiger partial charge in [-0.05, 0) is 6.42 Å². The minimum absolute atomic E-state index is 0.140. The van der Waals surface area contributed by atoms with Gasteiger partial charge in [0, 0.05) is 20.3 Å². The topological polar surface area (TPSA) is 96.6 Å². The summed E-state index contributed by atoms with van der Waals surface area (Å²) in [6, 6.07) is 0. The van der Waals surface area contributed by atoms with Crippen molar-refractivity contribution < 1.29 is 19.1 Å². The lowest BCUT2D eigenvalue weighted by atomic mass is 10.5. The average Bonchev–Trinajstić information content (AvgIpc) is 2.37. The molecule has 0 saturated heterocycles. The molecule has 1 aromatic rings. The van der Waals surface area contributed by atoms with E-state index in [1.165, 1.54) is 0 Å². The molecule has 9 heteroatoms. The second kappa shape index (κ2) is 8.57. The fourth-order valence-electron chi connectivity index (χ4n) is 1.21. The molecule has 106 valence electrons. The second-order valence-electron chi connectivity index (χ2n) is 3.38. The molecule has 0 aliphatic heterocycles. The summed E-state index contributed by atoms with van der Waals surface area (Å²) in [6.45, 7) is 1.58. The van der Waals surface area contributed by atoms with E-state index in [1.54, 1.807) is 7.11 Å². The van der Waals surface area contributed by atoms with Gasteiger partial charge in [0.1, 0.15) is 12.9 Å². The maximum absolute atomic E-state index is 10.8. The minimum atomic E-state index is -0.683. The van der Waals surface area contributed by atoms with Gasteiger partial charge in [-0.2, -0.15) is 4.98 Å². The van der Waals surface area contributed by atoms with Crippen LogP contribution in [0.1, 0.15) is 6.42 Å². The lowest BCUT2D eigenvalue weighted by Crippen LogP contribution is -2.10. The first-order valence-corrected chi connectivity index (χ1v) is 5.89. The van der Waals surface area contributed by atoms with E-state index >= 15 is 0 Å². The van der Waals surface area contributed by atoms with Crippen LogP contribution in [0.25, 0.3) is 0 Å². The van der Waals surface area contributed by atoms with Gasteiger partial charge in [-0.25, -0.2) is 4.98 Å². The van der Waals surface area contributed by atoms with E-state index in [9.17, 15) is 10.1 Å². The molecule has 19 heavy (non-hydrogen) atoms. The van der Waals surface area contributed by atoms with Gasteiger partial charge in [0.05, 0.1) is 11.5 Å². The van der Waals surface area contributed by atoms with Crippen LogP contribution < -0.4 is 4.74 Å². The monoisotopic (exact) mass is 291 g/mol. The number of rotatable bonds is 9. The highest BCUT2D eigenvalue weighted by Gasteiger charge is 2.22. The maximum atomic E-state index is 10.8. The predicted octanol–water partition coefficient (Wildman–Crippen LogP) is 1.47. The zero-order valence-electron chi connectivity index (χ0n) is 10.4. The highest BCUT2D eigenvalue weighted by atomic mass is 35.5. The number of nitrogens with zero attached hydrogens (tertiary/aromatic N) is 3. The molecule has 1 heterocycles. The molecule has 0 amide bonds. The van der Waals surface area contributed by atoms with Crippen molar-refractivity contribution in [3.63, 3.8) is 0 Å². The Balaban J connectivity index is 2.37. The highest BCUT2D eigenvalue weighted by Crippen LogP contribution is 2.29. The molecule has 1 aromatic heterocycles. The van der Waals surface area contributed by atoms with Crippen LogP contribution in [0, 0.1) is 10.1 Å². The number of aromatic nitrogens is 2. The number of nitro groups is 1. The van der Waals surface area contributed by atoms with Crippen LogP contribution in [0.3, 0.4) is 0 Å². The van der Waals surface area contributed by atoms with Crippen LogP contribution in [0.4, 0.5) is 5.69 Å². The van der Waals surface area contributed by atoms with Crippen LogP contribution in [-0.2, 0) is 9.47 Å². The molecule has 8 nitrogen and oxygen atoms in total. The molecule has 1 rings (SSSR count). The molecule has 0 N–H and O–H groups in total. The van der Waals surface area contributed by atoms with E-state index in [0.717, 1.165) is 12.7 Å². The third kappa shape index (κ3) is 5.33. The zero-order chi connectivity index (χ0) is 14.1. The van der Waals surface area contributed by atoms with Crippen molar-refractivity contribution in [3.8, 4) is 5.88 Å². The number of hydrogen-bond acceptors (Lipinski definition) is 7. The van der Waals surface area contributed by atoms with E-state index in [1.807, 2.05) is 0 Å². The maximum Gasteiger partial charge on any atom is 0.367 e. The minimum Gasteiger partial charge on any atom is -0.470 e. The quantitative estimate of drug-likeness (QED) is 0.294. The van der Waals surface area contributed by atoms with Gasteiger partial charge < -0.3 is 14.2 Å². The summed E-state index contributed by atoms with van der Waals surface area (Å²) in [5.74, 6) is -0.162. The first-order chi connectivity index (χ1) is 9.16. The van der Waals surface area contributed by atoms with Crippen molar-refractivity contribution in [2.24, 2.45) is 0 Å². The van der Waals surface area contributed by atoms with Crippen molar-refractivity contribution >= 4 is 17.3 Å². The molecule has 0 aromatic carbocycles. The van der Waals surface area contributed by atoms with Crippen LogP contribution in [0.5, 0.6) is 5.88 Å². The molecule has 0 aliphatic carbocycles. The standard InChI is InChI=1S/C10H14ClN3O5/c1-17-3-2-4-18-5-6-19-10-8(14(15)16)9(11)12-7-13-10/h7H,2-6H2,1H3. The zero-order valence-corrected chi connectivity index (χ0v) is 11.1. The molecule has 0 aliphatic rings. The Bertz CT molecular complexity index is 418. The third-order valence-electron chi connectivity index (χ3n) is 2.03. The van der Waals surface area contributed by atoms with E-state index in [0.29, 0.717) is 19.8 Å². The summed E-state index contributed by atoms with van der Waals surface area (Å²) in [7, 11) is 1.61. The molecule has 0 unspecified atom stereocenters. The molecule has 0 spiro atoms. The molecular weight excluding hydrogens is 278 g/mol. The molecule has 0 fully saturated rings. The van der Waals surface area contributed by atoms with E-state index < -0.39 is 10.6 Å². The predicted molar refractivity (Wildman–Crippen MR) is 66.5 cm³/mol. The van der Waals surface area contributed by atoms with Gasteiger partial charge in [-0.3, -0.25) is 10.1 Å². The fraction of sp³-hybridized carbons (Fsp3) is 0.600. The van der Waals surface area contributed by atoms with Crippen molar-refractivity contribution in [3.05, 3.63) is 21.6 Å². The Hall–Kier alpha value is -1.51. The molecule has 0 saturated carbocycles. The Morgan fingerprint density at radius 3 is 2.79 bits per heavy atom. The van der Waals surface area contributed by atoms with Crippen molar-refractivity contribution in [2.45, 2.75) is 6.42 Å². The van der Waals surface area contributed by atoms with Crippen LogP contribution in [-0.4, -0.2) is 48.4 Å². The molecule has 0 atom stereocenters. The Morgan fingerprint density at radius 1 is 1.32 bits per heavy atom. The Labute approximate surface area is 114 Å². The number of methoxy groups -OCH3 is 1. The molecular formula is C10H14ClN3O5. The van der Waals surface area contributed by atoms with E-state index in [4.69, 9.17) is 25.8 Å². The lowest BCUT2D eigenvalue weighted by Gasteiger charge is -2.06. The summed E-state index contributed by atoms with van der Waals surface area (Å²) in [4.78, 5) is 17.3. The second-order valence-corrected chi connectivity index (χ2v) is 3.74. The van der Waals surface area contributed by atoms with Crippen molar-refractivity contribution in [1.82, 2.24) is 9.97 Å². The van der Waals surface area contributed by atoms with E-state index in [-0.39, 0.29) is 17.6 Å². The van der Waals surface area contributed by atoms with Crippen LogP contribution in [0.2, 0.25) is 5.15 Å². The summed E-state index contributed by atoms with van der Waals surface area (Å²) in [5.41, 5.74) is -0.441. The Kier molecular flexibility index (Phi) is 7.01. The molecule has 0 radical (unpaired) electrons. The largest absolute Gasteiger partial charge is 0.470 e. The third-order valence-corrected chi connectivity index (χ3v) is 2.31. The normalized spacial score (nSPS) is 10.4. The van der Waals surface area contributed by atoms with Gasteiger partial charge in [0.15, 0.2) is 0 Å². The van der Waals surface area contributed by atoms with Crippen LogP contribution >= 0.6 is 11.6 Å². The SMILES string of the molecule is COCCCOCCOc1ncnc(Cl)c1[N+](=O)[O-]. The summed E-state index contributed by atoms with van der Waals surface area (Å²) < 4.78 is 15.2. The highest BCUT2D eigenvalue weighted by molar-refractivity contribution is 6.31. The summed E-state index contributed by atoms with van der Waals surface area (Å²) in [6.07, 6.45) is 1.88.